The molecule has 0 spiro atoms. The summed E-state index contributed by atoms with van der Waals surface area (Å²) in [4.78, 5) is 16.4. The van der Waals surface area contributed by atoms with E-state index in [1.807, 2.05) is 30.1 Å². The van der Waals surface area contributed by atoms with Gasteiger partial charge in [0, 0.05) is 13.1 Å². The molecule has 5 heteroatoms. The third-order valence-electron chi connectivity index (χ3n) is 3.56. The Labute approximate surface area is 125 Å². The van der Waals surface area contributed by atoms with E-state index in [2.05, 4.69) is 10.2 Å². The first-order valence-corrected chi connectivity index (χ1v) is 7.48. The van der Waals surface area contributed by atoms with Gasteiger partial charge in [0.2, 0.25) is 5.91 Å². The highest BCUT2D eigenvalue weighted by Crippen LogP contribution is 2.20. The zero-order valence-electron chi connectivity index (χ0n) is 11.9. The molecule has 0 radical (unpaired) electrons. The van der Waals surface area contributed by atoms with E-state index in [4.69, 9.17) is 11.6 Å². The van der Waals surface area contributed by atoms with Crippen molar-refractivity contribution in [3.8, 4) is 0 Å². The SMILES string of the molecule is CN(CCN1CCCC1)CC(=O)Nc1ccccc1Cl. The van der Waals surface area contributed by atoms with E-state index in [1.54, 1.807) is 6.07 Å². The van der Waals surface area contributed by atoms with Crippen LogP contribution in [0.1, 0.15) is 12.8 Å². The van der Waals surface area contributed by atoms with Gasteiger partial charge in [0.25, 0.3) is 0 Å². The normalized spacial score (nSPS) is 15.8. The van der Waals surface area contributed by atoms with Gasteiger partial charge in [0.1, 0.15) is 0 Å². The number of likely N-dealkylation sites (N-methyl/N-ethyl adjacent to an activating group) is 1. The summed E-state index contributed by atoms with van der Waals surface area (Å²) in [5.74, 6) is -0.0259. The van der Waals surface area contributed by atoms with Crippen molar-refractivity contribution in [1.29, 1.82) is 0 Å². The van der Waals surface area contributed by atoms with Crippen LogP contribution in [-0.2, 0) is 4.79 Å². The van der Waals surface area contributed by atoms with Gasteiger partial charge in [-0.25, -0.2) is 0 Å². The van der Waals surface area contributed by atoms with Gasteiger partial charge in [0.05, 0.1) is 17.3 Å². The van der Waals surface area contributed by atoms with Crippen LogP contribution in [0.5, 0.6) is 0 Å². The zero-order chi connectivity index (χ0) is 14.4. The van der Waals surface area contributed by atoms with Crippen LogP contribution in [-0.4, -0.2) is 55.5 Å². The van der Waals surface area contributed by atoms with Crippen molar-refractivity contribution in [3.05, 3.63) is 29.3 Å². The molecule has 2 rings (SSSR count). The summed E-state index contributed by atoms with van der Waals surface area (Å²) in [6.07, 6.45) is 2.60. The maximum Gasteiger partial charge on any atom is 0.238 e. The van der Waals surface area contributed by atoms with Gasteiger partial charge in [-0.05, 0) is 45.1 Å². The number of benzene rings is 1. The van der Waals surface area contributed by atoms with Crippen LogP contribution in [0.4, 0.5) is 5.69 Å². The Balaban J connectivity index is 1.72. The van der Waals surface area contributed by atoms with Crippen molar-refractivity contribution in [2.24, 2.45) is 0 Å². The number of rotatable bonds is 6. The molecular formula is C15H22ClN3O. The topological polar surface area (TPSA) is 35.6 Å². The lowest BCUT2D eigenvalue weighted by molar-refractivity contribution is -0.117. The minimum atomic E-state index is -0.0259. The number of hydrogen-bond donors (Lipinski definition) is 1. The molecule has 0 saturated carbocycles. The number of nitrogens with one attached hydrogen (secondary N) is 1. The van der Waals surface area contributed by atoms with Crippen molar-refractivity contribution >= 4 is 23.2 Å². The second-order valence-electron chi connectivity index (χ2n) is 5.31. The predicted octanol–water partition coefficient (Wildman–Crippen LogP) is 2.31. The Morgan fingerprint density at radius 2 is 2.05 bits per heavy atom. The minimum Gasteiger partial charge on any atom is -0.324 e. The van der Waals surface area contributed by atoms with E-state index >= 15 is 0 Å². The number of para-hydroxylation sites is 1. The number of halogens is 1. The molecule has 0 aliphatic carbocycles. The number of anilines is 1. The van der Waals surface area contributed by atoms with Crippen LogP contribution in [0.15, 0.2) is 24.3 Å². The number of amides is 1. The van der Waals surface area contributed by atoms with E-state index in [1.165, 1.54) is 25.9 Å². The van der Waals surface area contributed by atoms with Crippen LogP contribution in [0.3, 0.4) is 0 Å². The van der Waals surface area contributed by atoms with E-state index in [0.29, 0.717) is 17.3 Å². The molecule has 0 unspecified atom stereocenters. The van der Waals surface area contributed by atoms with Crippen LogP contribution in [0, 0.1) is 0 Å². The fraction of sp³-hybridized carbons (Fsp3) is 0.533. The molecule has 1 aliphatic rings. The first kappa shape index (κ1) is 15.3. The van der Waals surface area contributed by atoms with E-state index in [-0.39, 0.29) is 5.91 Å². The average molecular weight is 296 g/mol. The number of nitrogens with zero attached hydrogens (tertiary/aromatic N) is 2. The second kappa shape index (κ2) is 7.62. The fourth-order valence-electron chi connectivity index (χ4n) is 2.39. The van der Waals surface area contributed by atoms with Crippen molar-refractivity contribution in [2.75, 3.05) is 45.1 Å². The molecule has 1 fully saturated rings. The molecule has 1 amide bonds. The summed E-state index contributed by atoms with van der Waals surface area (Å²) in [6.45, 7) is 4.73. The Kier molecular flexibility index (Phi) is 5.83. The molecule has 1 aromatic rings. The summed E-state index contributed by atoms with van der Waals surface area (Å²) in [7, 11) is 1.97. The molecule has 110 valence electrons. The monoisotopic (exact) mass is 295 g/mol. The van der Waals surface area contributed by atoms with Crippen molar-refractivity contribution in [2.45, 2.75) is 12.8 Å². The molecule has 0 bridgehead atoms. The second-order valence-corrected chi connectivity index (χ2v) is 5.72. The zero-order valence-corrected chi connectivity index (χ0v) is 12.7. The lowest BCUT2D eigenvalue weighted by Gasteiger charge is -2.20. The predicted molar refractivity (Wildman–Crippen MR) is 83.3 cm³/mol. The third-order valence-corrected chi connectivity index (χ3v) is 3.89. The Morgan fingerprint density at radius 3 is 2.75 bits per heavy atom. The van der Waals surface area contributed by atoms with Gasteiger partial charge in [-0.15, -0.1) is 0 Å². The summed E-state index contributed by atoms with van der Waals surface area (Å²) < 4.78 is 0. The van der Waals surface area contributed by atoms with E-state index in [9.17, 15) is 4.79 Å². The molecule has 1 aliphatic heterocycles. The quantitative estimate of drug-likeness (QED) is 0.875. The van der Waals surface area contributed by atoms with Crippen molar-refractivity contribution in [3.63, 3.8) is 0 Å². The third kappa shape index (κ3) is 4.78. The Morgan fingerprint density at radius 1 is 1.35 bits per heavy atom. The van der Waals surface area contributed by atoms with Crippen molar-refractivity contribution < 1.29 is 4.79 Å². The standard InChI is InChI=1S/C15H22ClN3O/c1-18(10-11-19-8-4-5-9-19)12-15(20)17-14-7-3-2-6-13(14)16/h2-3,6-7H,4-5,8-12H2,1H3,(H,17,20). The van der Waals surface area contributed by atoms with Gasteiger partial charge >= 0.3 is 0 Å². The molecule has 4 nitrogen and oxygen atoms in total. The number of carbonyl (C=O) groups is 1. The Hall–Kier alpha value is -1.10. The molecule has 20 heavy (non-hydrogen) atoms. The summed E-state index contributed by atoms with van der Waals surface area (Å²) in [5, 5.41) is 3.41. The van der Waals surface area contributed by atoms with Gasteiger partial charge in [-0.1, -0.05) is 23.7 Å². The lowest BCUT2D eigenvalue weighted by Crippen LogP contribution is -2.36. The molecule has 1 N–H and O–H groups in total. The fourth-order valence-corrected chi connectivity index (χ4v) is 2.58. The number of likely N-dealkylation sites (tertiary alicyclic amines) is 1. The lowest BCUT2D eigenvalue weighted by atomic mass is 10.3. The highest BCUT2D eigenvalue weighted by molar-refractivity contribution is 6.33. The molecule has 0 atom stereocenters. The molecule has 1 saturated heterocycles. The maximum atomic E-state index is 11.9. The first-order chi connectivity index (χ1) is 9.65. The molecule has 1 aromatic carbocycles. The van der Waals surface area contributed by atoms with Crippen LogP contribution >= 0.6 is 11.6 Å². The van der Waals surface area contributed by atoms with E-state index in [0.717, 1.165) is 13.1 Å². The highest BCUT2D eigenvalue weighted by atomic mass is 35.5. The van der Waals surface area contributed by atoms with Crippen LogP contribution < -0.4 is 5.32 Å². The van der Waals surface area contributed by atoms with Gasteiger partial charge in [-0.3, -0.25) is 9.69 Å². The minimum absolute atomic E-state index is 0.0259. The summed E-state index contributed by atoms with van der Waals surface area (Å²) in [5.41, 5.74) is 0.673. The smallest absolute Gasteiger partial charge is 0.238 e. The van der Waals surface area contributed by atoms with Gasteiger partial charge in [0.15, 0.2) is 0 Å². The highest BCUT2D eigenvalue weighted by Gasteiger charge is 2.13. The number of hydrogen-bond acceptors (Lipinski definition) is 3. The van der Waals surface area contributed by atoms with Crippen molar-refractivity contribution in [1.82, 2.24) is 9.80 Å². The van der Waals surface area contributed by atoms with Gasteiger partial charge in [-0.2, -0.15) is 0 Å². The van der Waals surface area contributed by atoms with E-state index < -0.39 is 0 Å². The largest absolute Gasteiger partial charge is 0.324 e. The summed E-state index contributed by atoms with van der Waals surface area (Å²) in [6, 6.07) is 7.29. The molecule has 0 aromatic heterocycles. The average Bonchev–Trinajstić information content (AvgIpc) is 2.92. The molecular weight excluding hydrogens is 274 g/mol. The number of carbonyl (C=O) groups excluding carboxylic acids is 1. The van der Waals surface area contributed by atoms with Crippen LogP contribution in [0.2, 0.25) is 5.02 Å². The molecule has 1 heterocycles. The van der Waals surface area contributed by atoms with Gasteiger partial charge < -0.3 is 10.2 Å². The van der Waals surface area contributed by atoms with Crippen LogP contribution in [0.25, 0.3) is 0 Å². The first-order valence-electron chi connectivity index (χ1n) is 7.10. The Bertz CT molecular complexity index is 446. The maximum absolute atomic E-state index is 11.9. The summed E-state index contributed by atoms with van der Waals surface area (Å²) >= 11 is 6.02.